The summed E-state index contributed by atoms with van der Waals surface area (Å²) in [5.41, 5.74) is 0.786. The van der Waals surface area contributed by atoms with Crippen LogP contribution in [0.4, 0.5) is 5.69 Å². The number of thioether (sulfide) groups is 1. The second-order valence-corrected chi connectivity index (χ2v) is 7.31. The molecule has 1 heterocycles. The van der Waals surface area contributed by atoms with Crippen LogP contribution in [-0.4, -0.2) is 36.6 Å². The van der Waals surface area contributed by atoms with Gasteiger partial charge in [-0.2, -0.15) is 0 Å². The van der Waals surface area contributed by atoms with Crippen molar-refractivity contribution in [3.8, 4) is 0 Å². The summed E-state index contributed by atoms with van der Waals surface area (Å²) in [6.07, 6.45) is 4.14. The number of hydrogen-bond acceptors (Lipinski definition) is 4. The minimum absolute atomic E-state index is 0.000132. The Balaban J connectivity index is 1.76. The quantitative estimate of drug-likeness (QED) is 0.725. The number of nitrogens with zero attached hydrogens (tertiary/aromatic N) is 1. The SMILES string of the molecule is CSc1ccccc1NC(=O)CN(C)C(=O)CCCc1cccs1. The van der Waals surface area contributed by atoms with E-state index < -0.39 is 0 Å². The van der Waals surface area contributed by atoms with E-state index in [0.29, 0.717) is 6.42 Å². The standard InChI is InChI=1S/C18H22N2O2S2/c1-20(18(22)11-5-7-14-8-6-12-24-14)13-17(21)19-15-9-3-4-10-16(15)23-2/h3-4,6,8-10,12H,5,7,11,13H2,1-2H3,(H,19,21). The van der Waals surface area contributed by atoms with E-state index in [1.54, 1.807) is 30.1 Å². The van der Waals surface area contributed by atoms with E-state index in [-0.39, 0.29) is 18.4 Å². The van der Waals surface area contributed by atoms with E-state index in [4.69, 9.17) is 0 Å². The first-order valence-corrected chi connectivity index (χ1v) is 9.90. The van der Waals surface area contributed by atoms with Crippen molar-refractivity contribution in [2.75, 3.05) is 25.2 Å². The van der Waals surface area contributed by atoms with Crippen LogP contribution >= 0.6 is 23.1 Å². The summed E-state index contributed by atoms with van der Waals surface area (Å²) in [5.74, 6) is -0.175. The number of benzene rings is 1. The van der Waals surface area contributed by atoms with E-state index >= 15 is 0 Å². The van der Waals surface area contributed by atoms with Crippen molar-refractivity contribution in [1.29, 1.82) is 0 Å². The zero-order valence-corrected chi connectivity index (χ0v) is 15.6. The number of hydrogen-bond donors (Lipinski definition) is 1. The van der Waals surface area contributed by atoms with Crippen molar-refractivity contribution >= 4 is 40.6 Å². The molecule has 0 unspecified atom stereocenters. The highest BCUT2D eigenvalue weighted by molar-refractivity contribution is 7.98. The lowest BCUT2D eigenvalue weighted by molar-refractivity contribution is -0.133. The molecule has 2 amide bonds. The van der Waals surface area contributed by atoms with Crippen molar-refractivity contribution in [3.05, 3.63) is 46.7 Å². The number of likely N-dealkylation sites (N-methyl/N-ethyl adjacent to an activating group) is 1. The second kappa shape index (κ2) is 9.49. The Bertz CT molecular complexity index is 671. The maximum absolute atomic E-state index is 12.1. The molecule has 0 fully saturated rings. The van der Waals surface area contributed by atoms with Gasteiger partial charge in [0.05, 0.1) is 12.2 Å². The molecule has 0 saturated heterocycles. The molecule has 0 atom stereocenters. The third-order valence-electron chi connectivity index (χ3n) is 3.58. The molecule has 1 N–H and O–H groups in total. The van der Waals surface area contributed by atoms with Gasteiger partial charge in [-0.15, -0.1) is 23.1 Å². The molecule has 128 valence electrons. The fourth-order valence-electron chi connectivity index (χ4n) is 2.30. The summed E-state index contributed by atoms with van der Waals surface area (Å²) in [6, 6.07) is 11.7. The number of amides is 2. The zero-order chi connectivity index (χ0) is 17.4. The Labute approximate surface area is 151 Å². The molecule has 0 spiro atoms. The van der Waals surface area contributed by atoms with Gasteiger partial charge in [-0.25, -0.2) is 0 Å². The maximum Gasteiger partial charge on any atom is 0.244 e. The van der Waals surface area contributed by atoms with E-state index in [9.17, 15) is 9.59 Å². The number of carbonyl (C=O) groups excluding carboxylic acids is 2. The van der Waals surface area contributed by atoms with Crippen molar-refractivity contribution in [2.24, 2.45) is 0 Å². The summed E-state index contributed by atoms with van der Waals surface area (Å²) < 4.78 is 0. The van der Waals surface area contributed by atoms with Gasteiger partial charge in [0.2, 0.25) is 11.8 Å². The largest absolute Gasteiger partial charge is 0.336 e. The highest BCUT2D eigenvalue weighted by Crippen LogP contribution is 2.24. The highest BCUT2D eigenvalue weighted by atomic mass is 32.2. The van der Waals surface area contributed by atoms with Crippen LogP contribution < -0.4 is 5.32 Å². The first kappa shape index (κ1) is 18.5. The molecule has 4 nitrogen and oxygen atoms in total. The minimum Gasteiger partial charge on any atom is -0.336 e. The monoisotopic (exact) mass is 362 g/mol. The Hall–Kier alpha value is -1.79. The number of para-hydroxylation sites is 1. The molecule has 24 heavy (non-hydrogen) atoms. The smallest absolute Gasteiger partial charge is 0.244 e. The number of aryl methyl sites for hydroxylation is 1. The summed E-state index contributed by atoms with van der Waals surface area (Å²) in [6.45, 7) is 0.0700. The molecular formula is C18H22N2O2S2. The zero-order valence-electron chi connectivity index (χ0n) is 14.0. The third kappa shape index (κ3) is 5.69. The molecule has 2 rings (SSSR count). The van der Waals surface area contributed by atoms with Crippen LogP contribution in [0.2, 0.25) is 0 Å². The van der Waals surface area contributed by atoms with Crippen molar-refractivity contribution in [2.45, 2.75) is 24.2 Å². The van der Waals surface area contributed by atoms with Gasteiger partial charge in [0.1, 0.15) is 0 Å². The van der Waals surface area contributed by atoms with Gasteiger partial charge < -0.3 is 10.2 Å². The number of carbonyl (C=O) groups is 2. The lowest BCUT2D eigenvalue weighted by Gasteiger charge is -2.17. The summed E-state index contributed by atoms with van der Waals surface area (Å²) in [4.78, 5) is 28.1. The number of anilines is 1. The molecular weight excluding hydrogens is 340 g/mol. The van der Waals surface area contributed by atoms with Crippen LogP contribution in [0.1, 0.15) is 17.7 Å². The highest BCUT2D eigenvalue weighted by Gasteiger charge is 2.14. The van der Waals surface area contributed by atoms with Crippen LogP contribution in [0.5, 0.6) is 0 Å². The van der Waals surface area contributed by atoms with Gasteiger partial charge >= 0.3 is 0 Å². The average molecular weight is 363 g/mol. The van der Waals surface area contributed by atoms with Gasteiger partial charge in [-0.05, 0) is 42.7 Å². The first-order valence-electron chi connectivity index (χ1n) is 7.79. The Morgan fingerprint density at radius 2 is 2.00 bits per heavy atom. The first-order chi connectivity index (χ1) is 11.6. The fourth-order valence-corrected chi connectivity index (χ4v) is 3.61. The molecule has 0 aliphatic carbocycles. The Morgan fingerprint density at radius 1 is 1.21 bits per heavy atom. The molecule has 1 aromatic heterocycles. The topological polar surface area (TPSA) is 49.4 Å². The molecule has 0 radical (unpaired) electrons. The predicted molar refractivity (Wildman–Crippen MR) is 102 cm³/mol. The van der Waals surface area contributed by atoms with Gasteiger partial charge in [-0.3, -0.25) is 9.59 Å². The molecule has 0 saturated carbocycles. The summed E-state index contributed by atoms with van der Waals surface area (Å²) in [5, 5.41) is 4.92. The maximum atomic E-state index is 12.1. The molecule has 0 bridgehead atoms. The van der Waals surface area contributed by atoms with E-state index in [2.05, 4.69) is 11.4 Å². The fraction of sp³-hybridized carbons (Fsp3) is 0.333. The van der Waals surface area contributed by atoms with E-state index in [1.165, 1.54) is 9.78 Å². The van der Waals surface area contributed by atoms with E-state index in [0.717, 1.165) is 23.4 Å². The lowest BCUT2D eigenvalue weighted by atomic mass is 10.2. The van der Waals surface area contributed by atoms with Gasteiger partial charge in [0, 0.05) is 23.2 Å². The van der Waals surface area contributed by atoms with Gasteiger partial charge in [0.25, 0.3) is 0 Å². The number of rotatable bonds is 8. The van der Waals surface area contributed by atoms with Crippen LogP contribution in [0.3, 0.4) is 0 Å². The molecule has 0 aliphatic rings. The van der Waals surface area contributed by atoms with E-state index in [1.807, 2.05) is 42.0 Å². The Kier molecular flexibility index (Phi) is 7.34. The molecule has 2 aromatic rings. The van der Waals surface area contributed by atoms with Crippen molar-refractivity contribution < 1.29 is 9.59 Å². The summed E-state index contributed by atoms with van der Waals surface area (Å²) >= 11 is 3.29. The van der Waals surface area contributed by atoms with Crippen molar-refractivity contribution in [3.63, 3.8) is 0 Å². The van der Waals surface area contributed by atoms with Crippen molar-refractivity contribution in [1.82, 2.24) is 4.90 Å². The molecule has 6 heteroatoms. The van der Waals surface area contributed by atoms with Crippen LogP contribution in [-0.2, 0) is 16.0 Å². The molecule has 0 aliphatic heterocycles. The Morgan fingerprint density at radius 3 is 2.71 bits per heavy atom. The third-order valence-corrected chi connectivity index (χ3v) is 5.31. The normalized spacial score (nSPS) is 10.4. The molecule has 1 aromatic carbocycles. The van der Waals surface area contributed by atoms with Gasteiger partial charge in [0.15, 0.2) is 0 Å². The lowest BCUT2D eigenvalue weighted by Crippen LogP contribution is -2.34. The second-order valence-electron chi connectivity index (χ2n) is 5.43. The average Bonchev–Trinajstić information content (AvgIpc) is 3.08. The van der Waals surface area contributed by atoms with Gasteiger partial charge in [-0.1, -0.05) is 18.2 Å². The van der Waals surface area contributed by atoms with Crippen LogP contribution in [0.25, 0.3) is 0 Å². The minimum atomic E-state index is -0.175. The summed E-state index contributed by atoms with van der Waals surface area (Å²) in [7, 11) is 1.67. The number of nitrogens with one attached hydrogen (secondary N) is 1. The van der Waals surface area contributed by atoms with Crippen LogP contribution in [0.15, 0.2) is 46.7 Å². The predicted octanol–water partition coefficient (Wildman–Crippen LogP) is 3.89. The number of thiophene rings is 1. The van der Waals surface area contributed by atoms with Crippen LogP contribution in [0, 0.1) is 0 Å².